The number of carbonyl (C=O) groups excluding carboxylic acids is 1. The van der Waals surface area contributed by atoms with Crippen LogP contribution in [0.4, 0.5) is 0 Å². The molecule has 1 heterocycles. The minimum atomic E-state index is -4.15. The van der Waals surface area contributed by atoms with Crippen molar-refractivity contribution in [3.05, 3.63) is 52.8 Å². The third-order valence-corrected chi connectivity index (χ3v) is 5.46. The fourth-order valence-electron chi connectivity index (χ4n) is 2.17. The van der Waals surface area contributed by atoms with Gasteiger partial charge in [-0.05, 0) is 32.9 Å². The maximum Gasteiger partial charge on any atom is 0.459 e. The molecule has 0 radical (unpaired) electrons. The van der Waals surface area contributed by atoms with Gasteiger partial charge in [-0.3, -0.25) is 19.1 Å². The molecular formula is C18H21N2O7P. The molecule has 2 rings (SSSR count). The van der Waals surface area contributed by atoms with Gasteiger partial charge in [0.25, 0.3) is 0 Å². The van der Waals surface area contributed by atoms with Crippen LogP contribution in [-0.4, -0.2) is 33.5 Å². The van der Waals surface area contributed by atoms with Crippen molar-refractivity contribution in [2.75, 3.05) is 0 Å². The van der Waals surface area contributed by atoms with Crippen molar-refractivity contribution < 1.29 is 33.4 Å². The SMILES string of the molecule is Cc1ccc(OP(=O)(NC(C)C(=O)O)OCc2cnc(C)c(O)c2C=O)cc1. The fourth-order valence-corrected chi connectivity index (χ4v) is 3.65. The summed E-state index contributed by atoms with van der Waals surface area (Å²) in [5.41, 5.74) is 1.32. The van der Waals surface area contributed by atoms with Gasteiger partial charge in [-0.25, -0.2) is 4.57 Å². The molecule has 0 saturated carbocycles. The molecular weight excluding hydrogens is 387 g/mol. The summed E-state index contributed by atoms with van der Waals surface area (Å²) in [5.74, 6) is -1.35. The molecule has 0 spiro atoms. The number of carbonyl (C=O) groups is 2. The normalized spacial score (nSPS) is 14.1. The number of carboxylic acids is 1. The second kappa shape index (κ2) is 8.97. The summed E-state index contributed by atoms with van der Waals surface area (Å²) in [6, 6.07) is 5.36. The first-order valence-corrected chi connectivity index (χ1v) is 9.83. The van der Waals surface area contributed by atoms with Crippen molar-refractivity contribution in [1.82, 2.24) is 10.1 Å². The Bertz CT molecular complexity index is 915. The fraction of sp³-hybridized carbons (Fsp3) is 0.278. The topological polar surface area (TPSA) is 135 Å². The van der Waals surface area contributed by atoms with Crippen molar-refractivity contribution in [2.24, 2.45) is 0 Å². The number of pyridine rings is 1. The van der Waals surface area contributed by atoms with E-state index < -0.39 is 26.4 Å². The van der Waals surface area contributed by atoms with Crippen LogP contribution in [0, 0.1) is 13.8 Å². The summed E-state index contributed by atoms with van der Waals surface area (Å²) >= 11 is 0. The van der Waals surface area contributed by atoms with E-state index in [0.717, 1.165) is 5.56 Å². The molecule has 0 saturated heterocycles. The Labute approximate surface area is 161 Å². The summed E-state index contributed by atoms with van der Waals surface area (Å²) in [6.45, 7) is 4.27. The van der Waals surface area contributed by atoms with Crippen LogP contribution < -0.4 is 9.61 Å². The molecule has 1 aromatic heterocycles. The van der Waals surface area contributed by atoms with Gasteiger partial charge in [0.05, 0.1) is 17.9 Å². The van der Waals surface area contributed by atoms with Gasteiger partial charge in [-0.15, -0.1) is 0 Å². The van der Waals surface area contributed by atoms with E-state index in [1.165, 1.54) is 20.0 Å². The molecule has 1 aromatic carbocycles. The predicted molar refractivity (Wildman–Crippen MR) is 100 cm³/mol. The molecule has 0 fully saturated rings. The molecule has 2 aromatic rings. The van der Waals surface area contributed by atoms with Gasteiger partial charge in [0.2, 0.25) is 0 Å². The molecule has 0 aliphatic rings. The van der Waals surface area contributed by atoms with E-state index in [-0.39, 0.29) is 28.3 Å². The standard InChI is InChI=1S/C18H21N2O7P/c1-11-4-6-15(7-5-11)27-28(25,20-13(3)18(23)24)26-10-14-8-19-12(2)17(22)16(14)9-21/h4-9,13,22H,10H2,1-3H3,(H,20,25)(H,23,24). The molecule has 3 N–H and O–H groups in total. The van der Waals surface area contributed by atoms with Gasteiger partial charge in [-0.1, -0.05) is 17.7 Å². The van der Waals surface area contributed by atoms with Crippen LogP contribution >= 0.6 is 7.75 Å². The first kappa shape index (κ1) is 21.6. The lowest BCUT2D eigenvalue weighted by atomic mass is 10.1. The van der Waals surface area contributed by atoms with Gasteiger partial charge in [0, 0.05) is 11.8 Å². The summed E-state index contributed by atoms with van der Waals surface area (Å²) in [4.78, 5) is 26.4. The minimum absolute atomic E-state index is 0.0549. The number of aldehydes is 1. The zero-order valence-electron chi connectivity index (χ0n) is 15.6. The van der Waals surface area contributed by atoms with Crippen LogP contribution in [-0.2, 0) is 20.5 Å². The molecule has 9 nitrogen and oxygen atoms in total. The Balaban J connectivity index is 2.28. The van der Waals surface area contributed by atoms with Gasteiger partial charge in [0.15, 0.2) is 6.29 Å². The van der Waals surface area contributed by atoms with Gasteiger partial charge in [-0.2, -0.15) is 5.09 Å². The Morgan fingerprint density at radius 1 is 1.32 bits per heavy atom. The molecule has 150 valence electrons. The first-order chi connectivity index (χ1) is 13.1. The average Bonchev–Trinajstić information content (AvgIpc) is 2.64. The minimum Gasteiger partial charge on any atom is -0.505 e. The summed E-state index contributed by atoms with van der Waals surface area (Å²) in [7, 11) is -4.15. The molecule has 0 aliphatic carbocycles. The molecule has 0 bridgehead atoms. The Hall–Kier alpha value is -2.74. The Kier molecular flexibility index (Phi) is 6.90. The summed E-state index contributed by atoms with van der Waals surface area (Å²) in [5, 5.41) is 21.4. The van der Waals surface area contributed by atoms with Gasteiger partial charge in [0.1, 0.15) is 17.5 Å². The van der Waals surface area contributed by atoms with Crippen LogP contribution in [0.2, 0.25) is 0 Å². The predicted octanol–water partition coefficient (Wildman–Crippen LogP) is 2.98. The highest BCUT2D eigenvalue weighted by Gasteiger charge is 2.32. The maximum absolute atomic E-state index is 13.1. The number of hydrogen-bond acceptors (Lipinski definition) is 7. The van der Waals surface area contributed by atoms with Crippen molar-refractivity contribution >= 4 is 20.0 Å². The number of hydrogen-bond donors (Lipinski definition) is 3. The van der Waals surface area contributed by atoms with Crippen molar-refractivity contribution in [2.45, 2.75) is 33.4 Å². The quantitative estimate of drug-likeness (QED) is 0.423. The molecule has 2 unspecified atom stereocenters. The van der Waals surface area contributed by atoms with Gasteiger partial charge < -0.3 is 14.7 Å². The number of nitrogens with one attached hydrogen (secondary N) is 1. The summed E-state index contributed by atoms with van der Waals surface area (Å²) in [6.07, 6.45) is 1.73. The zero-order valence-corrected chi connectivity index (χ0v) is 16.5. The number of nitrogens with zero attached hydrogens (tertiary/aromatic N) is 1. The number of benzene rings is 1. The highest BCUT2D eigenvalue weighted by Crippen LogP contribution is 2.46. The average molecular weight is 408 g/mol. The van der Waals surface area contributed by atoms with Crippen LogP contribution in [0.25, 0.3) is 0 Å². The van der Waals surface area contributed by atoms with E-state index in [9.17, 15) is 19.3 Å². The van der Waals surface area contributed by atoms with E-state index >= 15 is 0 Å². The molecule has 0 aliphatic heterocycles. The molecule has 28 heavy (non-hydrogen) atoms. The largest absolute Gasteiger partial charge is 0.505 e. The lowest BCUT2D eigenvalue weighted by molar-refractivity contribution is -0.138. The Morgan fingerprint density at radius 3 is 2.54 bits per heavy atom. The molecule has 2 atom stereocenters. The second-order valence-corrected chi connectivity index (χ2v) is 7.81. The maximum atomic E-state index is 13.1. The monoisotopic (exact) mass is 408 g/mol. The van der Waals surface area contributed by atoms with E-state index in [1.54, 1.807) is 24.3 Å². The second-order valence-electron chi connectivity index (χ2n) is 6.11. The van der Waals surface area contributed by atoms with Crippen molar-refractivity contribution in [3.8, 4) is 11.5 Å². The van der Waals surface area contributed by atoms with Crippen molar-refractivity contribution in [3.63, 3.8) is 0 Å². The van der Waals surface area contributed by atoms with Crippen LogP contribution in [0.1, 0.15) is 34.1 Å². The van der Waals surface area contributed by atoms with Crippen LogP contribution in [0.5, 0.6) is 11.5 Å². The zero-order chi connectivity index (χ0) is 20.9. The molecule has 0 amide bonds. The van der Waals surface area contributed by atoms with E-state index in [0.29, 0.717) is 6.29 Å². The first-order valence-electron chi connectivity index (χ1n) is 8.29. The van der Waals surface area contributed by atoms with E-state index in [2.05, 4.69) is 10.1 Å². The number of aromatic hydroxyl groups is 1. The summed E-state index contributed by atoms with van der Waals surface area (Å²) < 4.78 is 23.9. The van der Waals surface area contributed by atoms with Gasteiger partial charge >= 0.3 is 13.7 Å². The smallest absolute Gasteiger partial charge is 0.459 e. The highest BCUT2D eigenvalue weighted by molar-refractivity contribution is 7.52. The number of aromatic nitrogens is 1. The molecule has 10 heteroatoms. The number of aliphatic carboxylic acids is 1. The highest BCUT2D eigenvalue weighted by atomic mass is 31.2. The lowest BCUT2D eigenvalue weighted by Crippen LogP contribution is -2.33. The number of aryl methyl sites for hydroxylation is 2. The van der Waals surface area contributed by atoms with E-state index in [4.69, 9.17) is 14.2 Å². The Morgan fingerprint density at radius 2 is 1.96 bits per heavy atom. The third-order valence-electron chi connectivity index (χ3n) is 3.83. The van der Waals surface area contributed by atoms with Crippen LogP contribution in [0.3, 0.4) is 0 Å². The number of rotatable bonds is 9. The van der Waals surface area contributed by atoms with E-state index in [1.807, 2.05) is 6.92 Å². The third kappa shape index (κ3) is 5.39. The van der Waals surface area contributed by atoms with Crippen molar-refractivity contribution in [1.29, 1.82) is 0 Å². The van der Waals surface area contributed by atoms with Crippen LogP contribution in [0.15, 0.2) is 30.5 Å². The number of carboxylic acid groups (broad SMARTS) is 1. The lowest BCUT2D eigenvalue weighted by Gasteiger charge is -2.22.